The first-order valence-electron chi connectivity index (χ1n) is 6.51. The van der Waals surface area contributed by atoms with E-state index in [1.807, 2.05) is 0 Å². The first-order valence-corrected chi connectivity index (χ1v) is 6.51. The molecule has 108 valence electrons. The van der Waals surface area contributed by atoms with Crippen molar-refractivity contribution in [3.63, 3.8) is 0 Å². The summed E-state index contributed by atoms with van der Waals surface area (Å²) in [5.41, 5.74) is 0.357. The monoisotopic (exact) mass is 284 g/mol. The number of H-pyrrole nitrogens is 1. The quantitative estimate of drug-likeness (QED) is 0.886. The van der Waals surface area contributed by atoms with Gasteiger partial charge in [0.15, 0.2) is 0 Å². The van der Waals surface area contributed by atoms with Crippen LogP contribution in [0.3, 0.4) is 0 Å². The van der Waals surface area contributed by atoms with Crippen molar-refractivity contribution in [1.82, 2.24) is 20.2 Å². The van der Waals surface area contributed by atoms with Gasteiger partial charge in [0, 0.05) is 26.2 Å². The van der Waals surface area contributed by atoms with Gasteiger partial charge in [0.1, 0.15) is 5.82 Å². The molecule has 4 nitrogen and oxygen atoms in total. The fraction of sp³-hybridized carbons (Fsp3) is 0.462. The van der Waals surface area contributed by atoms with Gasteiger partial charge in [-0.2, -0.15) is 13.2 Å². The lowest BCUT2D eigenvalue weighted by Crippen LogP contribution is -2.43. The topological polar surface area (TPSA) is 44.0 Å². The third-order valence-electron chi connectivity index (χ3n) is 3.44. The zero-order valence-corrected chi connectivity index (χ0v) is 10.8. The Balaban J connectivity index is 1.83. The van der Waals surface area contributed by atoms with Crippen molar-refractivity contribution in [2.45, 2.75) is 12.7 Å². The highest BCUT2D eigenvalue weighted by Crippen LogP contribution is 2.30. The molecule has 1 aromatic carbocycles. The number of rotatable bonds is 2. The summed E-state index contributed by atoms with van der Waals surface area (Å²) in [4.78, 5) is 9.55. The Morgan fingerprint density at radius 1 is 1.20 bits per heavy atom. The van der Waals surface area contributed by atoms with Crippen molar-refractivity contribution in [3.05, 3.63) is 29.6 Å². The summed E-state index contributed by atoms with van der Waals surface area (Å²) in [5.74, 6) is 0.709. The van der Waals surface area contributed by atoms with Crippen LogP contribution in [0, 0.1) is 0 Å². The second-order valence-electron chi connectivity index (χ2n) is 4.94. The number of aromatic amines is 1. The largest absolute Gasteiger partial charge is 0.416 e. The molecule has 2 heterocycles. The first kappa shape index (κ1) is 13.4. The highest BCUT2D eigenvalue weighted by Gasteiger charge is 2.30. The molecule has 1 aromatic heterocycles. The molecule has 0 atom stereocenters. The Morgan fingerprint density at radius 3 is 2.65 bits per heavy atom. The average Bonchev–Trinajstić information content (AvgIpc) is 2.80. The lowest BCUT2D eigenvalue weighted by Gasteiger charge is -2.26. The first-order chi connectivity index (χ1) is 9.52. The minimum atomic E-state index is -4.32. The number of hydrogen-bond donors (Lipinski definition) is 2. The maximum atomic E-state index is 12.6. The maximum Gasteiger partial charge on any atom is 0.416 e. The highest BCUT2D eigenvalue weighted by atomic mass is 19.4. The molecule has 0 spiro atoms. The number of alkyl halides is 3. The van der Waals surface area contributed by atoms with Gasteiger partial charge >= 0.3 is 6.18 Å². The molecule has 0 saturated carbocycles. The Bertz CT molecular complexity index is 599. The van der Waals surface area contributed by atoms with E-state index in [9.17, 15) is 13.2 Å². The van der Waals surface area contributed by atoms with E-state index in [4.69, 9.17) is 0 Å². The summed E-state index contributed by atoms with van der Waals surface area (Å²) in [7, 11) is 0. The van der Waals surface area contributed by atoms with Gasteiger partial charge in [-0.3, -0.25) is 4.90 Å². The van der Waals surface area contributed by atoms with Crippen LogP contribution >= 0.6 is 0 Å². The van der Waals surface area contributed by atoms with Gasteiger partial charge in [0.25, 0.3) is 0 Å². The fourth-order valence-corrected chi connectivity index (χ4v) is 2.39. The average molecular weight is 284 g/mol. The predicted octanol–water partition coefficient (Wildman–Crippen LogP) is 1.99. The third kappa shape index (κ3) is 2.78. The molecule has 1 fully saturated rings. The standard InChI is InChI=1S/C13H15F3N4/c14-13(15,16)9-1-2-10-11(7-9)19-12(18-10)8-20-5-3-17-4-6-20/h1-2,7,17H,3-6,8H2,(H,18,19). The van der Waals surface area contributed by atoms with Crippen molar-refractivity contribution >= 4 is 11.0 Å². The van der Waals surface area contributed by atoms with Crippen LogP contribution < -0.4 is 5.32 Å². The number of nitrogens with one attached hydrogen (secondary N) is 2. The molecule has 2 aromatic rings. The van der Waals surface area contributed by atoms with Crippen molar-refractivity contribution in [1.29, 1.82) is 0 Å². The molecule has 20 heavy (non-hydrogen) atoms. The highest BCUT2D eigenvalue weighted by molar-refractivity contribution is 5.76. The van der Waals surface area contributed by atoms with E-state index >= 15 is 0 Å². The van der Waals surface area contributed by atoms with Gasteiger partial charge in [-0.15, -0.1) is 0 Å². The van der Waals surface area contributed by atoms with E-state index in [-0.39, 0.29) is 0 Å². The molecular formula is C13H15F3N4. The normalized spacial score (nSPS) is 17.8. The zero-order valence-electron chi connectivity index (χ0n) is 10.8. The fourth-order valence-electron chi connectivity index (χ4n) is 2.39. The Hall–Kier alpha value is -1.60. The molecular weight excluding hydrogens is 269 g/mol. The van der Waals surface area contributed by atoms with Gasteiger partial charge in [0.05, 0.1) is 23.1 Å². The summed E-state index contributed by atoms with van der Waals surface area (Å²) in [6.07, 6.45) is -4.32. The molecule has 0 radical (unpaired) electrons. The van der Waals surface area contributed by atoms with Crippen molar-refractivity contribution in [2.24, 2.45) is 0 Å². The minimum Gasteiger partial charge on any atom is -0.341 e. The Morgan fingerprint density at radius 2 is 1.95 bits per heavy atom. The Kier molecular flexibility index (Phi) is 3.39. The van der Waals surface area contributed by atoms with Gasteiger partial charge in [-0.05, 0) is 18.2 Å². The molecule has 1 aliphatic rings. The molecule has 1 saturated heterocycles. The Labute approximate surface area is 114 Å². The number of hydrogen-bond acceptors (Lipinski definition) is 3. The van der Waals surface area contributed by atoms with E-state index in [1.54, 1.807) is 0 Å². The zero-order chi connectivity index (χ0) is 14.2. The summed E-state index contributed by atoms with van der Waals surface area (Å²) in [6, 6.07) is 3.59. The number of benzene rings is 1. The molecule has 7 heteroatoms. The minimum absolute atomic E-state index is 0.435. The van der Waals surface area contributed by atoms with Gasteiger partial charge < -0.3 is 10.3 Å². The number of aromatic nitrogens is 2. The number of imidazole rings is 1. The van der Waals surface area contributed by atoms with Gasteiger partial charge in [-0.25, -0.2) is 4.98 Å². The summed E-state index contributed by atoms with van der Waals surface area (Å²) < 4.78 is 37.9. The van der Waals surface area contributed by atoms with E-state index in [2.05, 4.69) is 20.2 Å². The van der Waals surface area contributed by atoms with Gasteiger partial charge in [-0.1, -0.05) is 0 Å². The lowest BCUT2D eigenvalue weighted by molar-refractivity contribution is -0.137. The van der Waals surface area contributed by atoms with Crippen molar-refractivity contribution in [3.8, 4) is 0 Å². The molecule has 1 aliphatic heterocycles. The van der Waals surface area contributed by atoms with Gasteiger partial charge in [0.2, 0.25) is 0 Å². The number of nitrogens with zero attached hydrogens (tertiary/aromatic N) is 2. The SMILES string of the molecule is FC(F)(F)c1ccc2nc(CN3CCNCC3)[nH]c2c1. The number of piperazine rings is 1. The van der Waals surface area contributed by atoms with E-state index in [1.165, 1.54) is 6.07 Å². The van der Waals surface area contributed by atoms with Crippen LogP contribution in [0.4, 0.5) is 13.2 Å². The van der Waals surface area contributed by atoms with Crippen LogP contribution in [0.2, 0.25) is 0 Å². The smallest absolute Gasteiger partial charge is 0.341 e. The molecule has 0 unspecified atom stereocenters. The second-order valence-corrected chi connectivity index (χ2v) is 4.94. The van der Waals surface area contributed by atoms with E-state index < -0.39 is 11.7 Å². The third-order valence-corrected chi connectivity index (χ3v) is 3.44. The van der Waals surface area contributed by atoms with Crippen molar-refractivity contribution < 1.29 is 13.2 Å². The van der Waals surface area contributed by atoms with E-state index in [0.29, 0.717) is 23.4 Å². The maximum absolute atomic E-state index is 12.6. The summed E-state index contributed by atoms with van der Waals surface area (Å²) in [5, 5.41) is 3.25. The van der Waals surface area contributed by atoms with Crippen LogP contribution in [-0.2, 0) is 12.7 Å². The molecule has 0 amide bonds. The summed E-state index contributed by atoms with van der Waals surface area (Å²) in [6.45, 7) is 4.34. The van der Waals surface area contributed by atoms with Crippen molar-refractivity contribution in [2.75, 3.05) is 26.2 Å². The van der Waals surface area contributed by atoms with Crippen LogP contribution in [0.25, 0.3) is 11.0 Å². The van der Waals surface area contributed by atoms with Crippen LogP contribution in [0.1, 0.15) is 11.4 Å². The molecule has 3 rings (SSSR count). The van der Waals surface area contributed by atoms with Crippen LogP contribution in [0.15, 0.2) is 18.2 Å². The number of halogens is 3. The predicted molar refractivity (Wildman–Crippen MR) is 69.2 cm³/mol. The van der Waals surface area contributed by atoms with Crippen LogP contribution in [0.5, 0.6) is 0 Å². The second kappa shape index (κ2) is 5.06. The van der Waals surface area contributed by atoms with E-state index in [0.717, 1.165) is 38.3 Å². The lowest BCUT2D eigenvalue weighted by atomic mass is 10.2. The number of fused-ring (bicyclic) bond motifs is 1. The van der Waals surface area contributed by atoms with Crippen LogP contribution in [-0.4, -0.2) is 41.0 Å². The molecule has 2 N–H and O–H groups in total. The summed E-state index contributed by atoms with van der Waals surface area (Å²) >= 11 is 0. The molecule has 0 bridgehead atoms. The molecule has 0 aliphatic carbocycles.